The number of hydrogen-bond donors (Lipinski definition) is 1. The summed E-state index contributed by atoms with van der Waals surface area (Å²) in [5, 5.41) is 0. The summed E-state index contributed by atoms with van der Waals surface area (Å²) in [7, 11) is 0. The van der Waals surface area contributed by atoms with Crippen LogP contribution in [0.2, 0.25) is 0 Å². The Bertz CT molecular complexity index is 323. The Kier molecular flexibility index (Phi) is 4.57. The monoisotopic (exact) mass is 203 g/mol. The first-order valence-corrected chi connectivity index (χ1v) is 4.94. The van der Waals surface area contributed by atoms with Gasteiger partial charge in [-0.1, -0.05) is 18.2 Å². The maximum atomic E-state index is 5.66. The van der Waals surface area contributed by atoms with E-state index in [1.807, 2.05) is 24.3 Å². The maximum absolute atomic E-state index is 5.66. The van der Waals surface area contributed by atoms with Crippen LogP contribution in [0.5, 0.6) is 0 Å². The molecule has 80 valence electrons. The number of nitrogens with zero attached hydrogens (tertiary/aromatic N) is 2. The Hall–Kier alpha value is -1.61. The van der Waals surface area contributed by atoms with Gasteiger partial charge in [0, 0.05) is 31.4 Å². The van der Waals surface area contributed by atoms with E-state index in [0.717, 1.165) is 24.5 Å². The lowest BCUT2D eigenvalue weighted by atomic mass is 10.2. The molecule has 1 aromatic rings. The smallest absolute Gasteiger partial charge is 0.133 e. The Labute approximate surface area is 90.9 Å². The van der Waals surface area contributed by atoms with Crippen LogP contribution in [0.3, 0.4) is 0 Å². The molecule has 0 radical (unpaired) electrons. The highest BCUT2D eigenvalue weighted by Gasteiger charge is 2.08. The van der Waals surface area contributed by atoms with Crippen LogP contribution in [0.1, 0.15) is 5.56 Å². The fourth-order valence-electron chi connectivity index (χ4n) is 1.43. The normalized spacial score (nSPS) is 9.67. The number of anilines is 1. The minimum Gasteiger partial charge on any atom is -0.349 e. The first kappa shape index (κ1) is 11.5. The van der Waals surface area contributed by atoms with Crippen LogP contribution in [-0.4, -0.2) is 18.1 Å². The van der Waals surface area contributed by atoms with Crippen LogP contribution in [0.4, 0.5) is 5.82 Å². The van der Waals surface area contributed by atoms with E-state index in [2.05, 4.69) is 23.0 Å². The van der Waals surface area contributed by atoms with Gasteiger partial charge in [0.1, 0.15) is 5.82 Å². The van der Waals surface area contributed by atoms with Gasteiger partial charge in [-0.05, 0) is 6.07 Å². The van der Waals surface area contributed by atoms with E-state index in [0.29, 0.717) is 6.54 Å². The maximum Gasteiger partial charge on any atom is 0.133 e. The number of pyridine rings is 1. The SMILES string of the molecule is C=CCN(CC=C)c1ncccc1CN. The highest BCUT2D eigenvalue weighted by atomic mass is 15.2. The molecule has 15 heavy (non-hydrogen) atoms. The van der Waals surface area contributed by atoms with Crippen molar-refractivity contribution in [3.63, 3.8) is 0 Å². The largest absolute Gasteiger partial charge is 0.349 e. The minimum absolute atomic E-state index is 0.494. The van der Waals surface area contributed by atoms with Crippen molar-refractivity contribution in [1.29, 1.82) is 0 Å². The van der Waals surface area contributed by atoms with Gasteiger partial charge in [-0.3, -0.25) is 0 Å². The molecule has 0 aromatic carbocycles. The summed E-state index contributed by atoms with van der Waals surface area (Å²) in [5.41, 5.74) is 6.71. The summed E-state index contributed by atoms with van der Waals surface area (Å²) in [6.07, 6.45) is 5.46. The quantitative estimate of drug-likeness (QED) is 0.716. The predicted molar refractivity (Wildman–Crippen MR) is 64.7 cm³/mol. The average Bonchev–Trinajstić information content (AvgIpc) is 2.29. The summed E-state index contributed by atoms with van der Waals surface area (Å²) in [6.45, 7) is 9.44. The molecular formula is C12H17N3. The van der Waals surface area contributed by atoms with E-state index in [4.69, 9.17) is 5.73 Å². The highest BCUT2D eigenvalue weighted by molar-refractivity contribution is 5.47. The standard InChI is InChI=1S/C12H17N3/c1-3-8-15(9-4-2)12-11(10-13)6-5-7-14-12/h3-7H,1-2,8-10,13H2. The Balaban J connectivity index is 2.97. The molecule has 0 saturated heterocycles. The van der Waals surface area contributed by atoms with Crippen LogP contribution in [0.25, 0.3) is 0 Å². The fourth-order valence-corrected chi connectivity index (χ4v) is 1.43. The Morgan fingerprint density at radius 2 is 2.00 bits per heavy atom. The van der Waals surface area contributed by atoms with E-state index < -0.39 is 0 Å². The second-order valence-electron chi connectivity index (χ2n) is 3.17. The van der Waals surface area contributed by atoms with Crippen molar-refractivity contribution >= 4 is 5.82 Å². The lowest BCUT2D eigenvalue weighted by molar-refractivity contribution is 0.898. The second-order valence-corrected chi connectivity index (χ2v) is 3.17. The van der Waals surface area contributed by atoms with Crippen LogP contribution in [0.15, 0.2) is 43.6 Å². The third kappa shape index (κ3) is 2.92. The third-order valence-corrected chi connectivity index (χ3v) is 2.09. The lowest BCUT2D eigenvalue weighted by Crippen LogP contribution is -2.25. The number of aromatic nitrogens is 1. The molecular weight excluding hydrogens is 186 g/mol. The van der Waals surface area contributed by atoms with E-state index in [1.54, 1.807) is 6.20 Å². The highest BCUT2D eigenvalue weighted by Crippen LogP contribution is 2.16. The van der Waals surface area contributed by atoms with E-state index in [1.165, 1.54) is 0 Å². The zero-order valence-corrected chi connectivity index (χ0v) is 8.89. The van der Waals surface area contributed by atoms with Crippen molar-refractivity contribution < 1.29 is 0 Å². The fraction of sp³-hybridized carbons (Fsp3) is 0.250. The summed E-state index contributed by atoms with van der Waals surface area (Å²) >= 11 is 0. The second kappa shape index (κ2) is 5.98. The molecule has 0 amide bonds. The number of hydrogen-bond acceptors (Lipinski definition) is 3. The van der Waals surface area contributed by atoms with Gasteiger partial charge in [0.25, 0.3) is 0 Å². The molecule has 3 heteroatoms. The van der Waals surface area contributed by atoms with E-state index in [9.17, 15) is 0 Å². The minimum atomic E-state index is 0.494. The van der Waals surface area contributed by atoms with E-state index in [-0.39, 0.29) is 0 Å². The third-order valence-electron chi connectivity index (χ3n) is 2.09. The van der Waals surface area contributed by atoms with Crippen molar-refractivity contribution in [2.24, 2.45) is 5.73 Å². The van der Waals surface area contributed by atoms with Crippen molar-refractivity contribution in [3.8, 4) is 0 Å². The Morgan fingerprint density at radius 3 is 2.53 bits per heavy atom. The summed E-state index contributed by atoms with van der Waals surface area (Å²) in [6, 6.07) is 3.88. The molecule has 3 nitrogen and oxygen atoms in total. The zero-order chi connectivity index (χ0) is 11.1. The molecule has 0 spiro atoms. The molecule has 0 bridgehead atoms. The van der Waals surface area contributed by atoms with Crippen molar-refractivity contribution in [2.45, 2.75) is 6.54 Å². The van der Waals surface area contributed by atoms with Crippen molar-refractivity contribution in [2.75, 3.05) is 18.0 Å². The topological polar surface area (TPSA) is 42.2 Å². The summed E-state index contributed by atoms with van der Waals surface area (Å²) < 4.78 is 0. The van der Waals surface area contributed by atoms with Gasteiger partial charge >= 0.3 is 0 Å². The van der Waals surface area contributed by atoms with Gasteiger partial charge in [-0.2, -0.15) is 0 Å². The molecule has 1 aromatic heterocycles. The van der Waals surface area contributed by atoms with Crippen LogP contribution < -0.4 is 10.6 Å². The van der Waals surface area contributed by atoms with Gasteiger partial charge in [-0.15, -0.1) is 13.2 Å². The summed E-state index contributed by atoms with van der Waals surface area (Å²) in [5.74, 6) is 0.916. The van der Waals surface area contributed by atoms with Crippen molar-refractivity contribution in [1.82, 2.24) is 4.98 Å². The first-order chi connectivity index (χ1) is 7.33. The molecule has 0 aliphatic rings. The first-order valence-electron chi connectivity index (χ1n) is 4.94. The van der Waals surface area contributed by atoms with Crippen LogP contribution >= 0.6 is 0 Å². The van der Waals surface area contributed by atoms with Gasteiger partial charge < -0.3 is 10.6 Å². The van der Waals surface area contributed by atoms with Crippen molar-refractivity contribution in [3.05, 3.63) is 49.2 Å². The predicted octanol–water partition coefficient (Wildman–Crippen LogP) is 1.72. The molecule has 0 unspecified atom stereocenters. The molecule has 2 N–H and O–H groups in total. The number of rotatable bonds is 6. The molecule has 1 rings (SSSR count). The molecule has 0 aliphatic carbocycles. The molecule has 0 fully saturated rings. The average molecular weight is 203 g/mol. The van der Waals surface area contributed by atoms with Crippen LogP contribution in [-0.2, 0) is 6.54 Å². The summed E-state index contributed by atoms with van der Waals surface area (Å²) in [4.78, 5) is 6.42. The van der Waals surface area contributed by atoms with Gasteiger partial charge in [0.2, 0.25) is 0 Å². The van der Waals surface area contributed by atoms with E-state index >= 15 is 0 Å². The molecule has 0 aliphatic heterocycles. The Morgan fingerprint density at radius 1 is 1.33 bits per heavy atom. The molecule has 1 heterocycles. The zero-order valence-electron chi connectivity index (χ0n) is 8.89. The number of nitrogens with two attached hydrogens (primary N) is 1. The molecule has 0 saturated carbocycles. The lowest BCUT2D eigenvalue weighted by Gasteiger charge is -2.22. The van der Waals surface area contributed by atoms with Gasteiger partial charge in [0.05, 0.1) is 0 Å². The van der Waals surface area contributed by atoms with Gasteiger partial charge in [0.15, 0.2) is 0 Å². The van der Waals surface area contributed by atoms with Gasteiger partial charge in [-0.25, -0.2) is 4.98 Å². The molecule has 0 atom stereocenters. The van der Waals surface area contributed by atoms with Crippen LogP contribution in [0, 0.1) is 0 Å².